The maximum atomic E-state index is 12.9. The molecule has 1 atom stereocenters. The molecule has 0 spiro atoms. The molecule has 1 unspecified atom stereocenters. The minimum atomic E-state index is 0.200. The van der Waals surface area contributed by atoms with Gasteiger partial charge in [-0.25, -0.2) is 0 Å². The highest BCUT2D eigenvalue weighted by molar-refractivity contribution is 7.21. The molecule has 1 aromatic heterocycles. The average molecular weight is 344 g/mol. The van der Waals surface area contributed by atoms with Crippen molar-refractivity contribution in [3.63, 3.8) is 0 Å². The Morgan fingerprint density at radius 1 is 1.25 bits per heavy atom. The first kappa shape index (κ1) is 16.1. The first-order valence-electron chi connectivity index (χ1n) is 8.84. The summed E-state index contributed by atoms with van der Waals surface area (Å²) in [5.41, 5.74) is 1.13. The number of aryl methyl sites for hydroxylation is 1. The molecule has 4 nitrogen and oxygen atoms in total. The third-order valence-electron chi connectivity index (χ3n) is 5.18. The smallest absolute Gasteiger partial charge is 0.264 e. The van der Waals surface area contributed by atoms with Crippen LogP contribution in [0.1, 0.15) is 28.1 Å². The summed E-state index contributed by atoms with van der Waals surface area (Å²) in [6, 6.07) is 8.29. The van der Waals surface area contributed by atoms with Gasteiger partial charge in [0.25, 0.3) is 5.91 Å². The molecule has 1 amide bonds. The minimum Gasteiger partial charge on any atom is -0.377 e. The lowest BCUT2D eigenvalue weighted by atomic mass is 10.1. The lowest BCUT2D eigenvalue weighted by Crippen LogP contribution is -2.50. The zero-order valence-electron chi connectivity index (χ0n) is 14.2. The van der Waals surface area contributed by atoms with Crippen LogP contribution in [-0.4, -0.2) is 61.1 Å². The SMILES string of the molecule is Cc1c(C(=O)N2CCN(CC3CCCO3)CC2)sc2ccccc12. The van der Waals surface area contributed by atoms with Crippen molar-refractivity contribution in [3.8, 4) is 0 Å². The number of carbonyl (C=O) groups excluding carboxylic acids is 1. The number of amides is 1. The number of rotatable bonds is 3. The molecule has 2 fully saturated rings. The van der Waals surface area contributed by atoms with Gasteiger partial charge in [0.05, 0.1) is 11.0 Å². The van der Waals surface area contributed by atoms with Gasteiger partial charge in [0.2, 0.25) is 0 Å². The summed E-state index contributed by atoms with van der Waals surface area (Å²) >= 11 is 1.63. The van der Waals surface area contributed by atoms with Crippen LogP contribution in [0.3, 0.4) is 0 Å². The number of nitrogens with zero attached hydrogens (tertiary/aromatic N) is 2. The van der Waals surface area contributed by atoms with E-state index in [4.69, 9.17) is 4.74 Å². The van der Waals surface area contributed by atoms with Gasteiger partial charge in [0.1, 0.15) is 0 Å². The van der Waals surface area contributed by atoms with Crippen LogP contribution >= 0.6 is 11.3 Å². The molecule has 128 valence electrons. The van der Waals surface area contributed by atoms with Crippen molar-refractivity contribution in [1.82, 2.24) is 9.80 Å². The molecule has 2 aromatic rings. The number of fused-ring (bicyclic) bond motifs is 1. The van der Waals surface area contributed by atoms with Gasteiger partial charge < -0.3 is 9.64 Å². The monoisotopic (exact) mass is 344 g/mol. The van der Waals surface area contributed by atoms with Crippen molar-refractivity contribution >= 4 is 27.3 Å². The maximum Gasteiger partial charge on any atom is 0.264 e. The Balaban J connectivity index is 1.41. The van der Waals surface area contributed by atoms with E-state index in [0.29, 0.717) is 6.10 Å². The second-order valence-electron chi connectivity index (χ2n) is 6.78. The number of carbonyl (C=O) groups is 1. The Morgan fingerprint density at radius 3 is 2.75 bits per heavy atom. The third-order valence-corrected chi connectivity index (χ3v) is 6.44. The van der Waals surface area contributed by atoms with Gasteiger partial charge >= 0.3 is 0 Å². The van der Waals surface area contributed by atoms with Crippen LogP contribution in [0.5, 0.6) is 0 Å². The van der Waals surface area contributed by atoms with Gasteiger partial charge in [0.15, 0.2) is 0 Å². The van der Waals surface area contributed by atoms with Crippen LogP contribution in [0.25, 0.3) is 10.1 Å². The van der Waals surface area contributed by atoms with Gasteiger partial charge in [-0.1, -0.05) is 18.2 Å². The first-order chi connectivity index (χ1) is 11.7. The van der Waals surface area contributed by atoms with Gasteiger partial charge in [-0.2, -0.15) is 0 Å². The summed E-state index contributed by atoms with van der Waals surface area (Å²) in [5.74, 6) is 0.200. The standard InChI is InChI=1S/C19H24N2O2S/c1-14-16-6-2-3-7-17(16)24-18(14)19(22)21-10-8-20(9-11-21)13-15-5-4-12-23-15/h2-3,6-7,15H,4-5,8-13H2,1H3. The molecule has 4 rings (SSSR count). The molecule has 3 heterocycles. The second-order valence-corrected chi connectivity index (χ2v) is 7.83. The highest BCUT2D eigenvalue weighted by Crippen LogP contribution is 2.31. The van der Waals surface area contributed by atoms with E-state index in [9.17, 15) is 4.79 Å². The van der Waals surface area contributed by atoms with Crippen molar-refractivity contribution in [3.05, 3.63) is 34.7 Å². The first-order valence-corrected chi connectivity index (χ1v) is 9.65. The summed E-state index contributed by atoms with van der Waals surface area (Å²) in [4.78, 5) is 18.3. The zero-order chi connectivity index (χ0) is 16.5. The Labute approximate surface area is 147 Å². The van der Waals surface area contributed by atoms with E-state index in [0.717, 1.165) is 49.8 Å². The van der Waals surface area contributed by atoms with E-state index >= 15 is 0 Å². The molecule has 24 heavy (non-hydrogen) atoms. The van der Waals surface area contributed by atoms with E-state index in [-0.39, 0.29) is 5.91 Å². The van der Waals surface area contributed by atoms with Crippen LogP contribution in [-0.2, 0) is 4.74 Å². The molecule has 2 aliphatic rings. The fourth-order valence-corrected chi connectivity index (χ4v) is 4.91. The summed E-state index contributed by atoms with van der Waals surface area (Å²) < 4.78 is 6.93. The fourth-order valence-electron chi connectivity index (χ4n) is 3.73. The molecule has 2 aliphatic heterocycles. The number of hydrogen-bond acceptors (Lipinski definition) is 4. The van der Waals surface area contributed by atoms with Gasteiger partial charge in [-0.05, 0) is 36.8 Å². The second kappa shape index (κ2) is 6.82. The van der Waals surface area contributed by atoms with E-state index in [1.165, 1.54) is 22.9 Å². The third kappa shape index (κ3) is 3.08. The summed E-state index contributed by atoms with van der Waals surface area (Å²) in [7, 11) is 0. The van der Waals surface area contributed by atoms with Gasteiger partial charge in [0, 0.05) is 44.0 Å². The predicted molar refractivity (Wildman–Crippen MR) is 97.9 cm³/mol. The number of thiophene rings is 1. The van der Waals surface area contributed by atoms with Crippen LogP contribution < -0.4 is 0 Å². The van der Waals surface area contributed by atoms with Crippen molar-refractivity contribution in [2.75, 3.05) is 39.3 Å². The summed E-state index contributed by atoms with van der Waals surface area (Å²) in [5, 5.41) is 1.21. The molecular formula is C19H24N2O2S. The molecular weight excluding hydrogens is 320 g/mol. The molecule has 1 aromatic carbocycles. The van der Waals surface area contributed by atoms with Gasteiger partial charge in [-0.3, -0.25) is 9.69 Å². The number of benzene rings is 1. The summed E-state index contributed by atoms with van der Waals surface area (Å²) in [6.45, 7) is 7.54. The average Bonchev–Trinajstić information content (AvgIpc) is 3.23. The van der Waals surface area contributed by atoms with E-state index in [1.807, 2.05) is 17.0 Å². The number of ether oxygens (including phenoxy) is 1. The van der Waals surface area contributed by atoms with E-state index in [1.54, 1.807) is 11.3 Å². The predicted octanol–water partition coefficient (Wildman–Crippen LogP) is 3.15. The minimum absolute atomic E-state index is 0.200. The van der Waals surface area contributed by atoms with Gasteiger partial charge in [-0.15, -0.1) is 11.3 Å². The van der Waals surface area contributed by atoms with Crippen LogP contribution in [0, 0.1) is 6.92 Å². The lowest BCUT2D eigenvalue weighted by Gasteiger charge is -2.35. The van der Waals surface area contributed by atoms with Crippen molar-refractivity contribution in [2.24, 2.45) is 0 Å². The van der Waals surface area contributed by atoms with Crippen molar-refractivity contribution in [1.29, 1.82) is 0 Å². The Hall–Kier alpha value is -1.43. The molecule has 5 heteroatoms. The zero-order valence-corrected chi connectivity index (χ0v) is 15.0. The quantitative estimate of drug-likeness (QED) is 0.857. The maximum absolute atomic E-state index is 12.9. The lowest BCUT2D eigenvalue weighted by molar-refractivity contribution is 0.0435. The Kier molecular flexibility index (Phi) is 4.57. The van der Waals surface area contributed by atoms with E-state index < -0.39 is 0 Å². The molecule has 0 aliphatic carbocycles. The van der Waals surface area contributed by atoms with E-state index in [2.05, 4.69) is 24.0 Å². The Morgan fingerprint density at radius 2 is 2.04 bits per heavy atom. The molecule has 0 radical (unpaired) electrons. The molecule has 2 saturated heterocycles. The topological polar surface area (TPSA) is 32.8 Å². The van der Waals surface area contributed by atoms with Crippen LogP contribution in [0.15, 0.2) is 24.3 Å². The molecule has 0 bridgehead atoms. The number of hydrogen-bond donors (Lipinski definition) is 0. The van der Waals surface area contributed by atoms with Crippen LogP contribution in [0.4, 0.5) is 0 Å². The highest BCUT2D eigenvalue weighted by Gasteiger charge is 2.27. The number of piperazine rings is 1. The fraction of sp³-hybridized carbons (Fsp3) is 0.526. The normalized spacial score (nSPS) is 22.4. The molecule has 0 saturated carbocycles. The highest BCUT2D eigenvalue weighted by atomic mass is 32.1. The molecule has 0 N–H and O–H groups in total. The summed E-state index contributed by atoms with van der Waals surface area (Å²) in [6.07, 6.45) is 2.77. The van der Waals surface area contributed by atoms with Crippen molar-refractivity contribution < 1.29 is 9.53 Å². The van der Waals surface area contributed by atoms with Crippen molar-refractivity contribution in [2.45, 2.75) is 25.9 Å². The Bertz CT molecular complexity index is 728. The van der Waals surface area contributed by atoms with Crippen LogP contribution in [0.2, 0.25) is 0 Å². The largest absolute Gasteiger partial charge is 0.377 e.